The average molecular weight is 217 g/mol. The zero-order valence-electron chi connectivity index (χ0n) is 10.1. The first-order valence-electron chi connectivity index (χ1n) is 5.76. The summed E-state index contributed by atoms with van der Waals surface area (Å²) in [6.07, 6.45) is 0. The fourth-order valence-corrected chi connectivity index (χ4v) is 2.16. The van der Waals surface area contributed by atoms with Gasteiger partial charge < -0.3 is 10.6 Å². The van der Waals surface area contributed by atoms with E-state index < -0.39 is 0 Å². The molecule has 0 amide bonds. The van der Waals surface area contributed by atoms with Crippen LogP contribution in [0.1, 0.15) is 19.4 Å². The highest BCUT2D eigenvalue weighted by Crippen LogP contribution is 2.27. The molecule has 0 aliphatic carbocycles. The summed E-state index contributed by atoms with van der Waals surface area (Å²) in [5.41, 5.74) is 8.41. The number of para-hydroxylation sites is 1. The number of nitrogens with zero attached hydrogens (tertiary/aromatic N) is 2. The standard InChI is InChI=1S/C13H19N3/c1-9(2)12-8-15-13(14)16(12)11-7-5-4-6-10(11)3/h4-7,9,12H,8H2,1-3H3,(H2,14,15). The Labute approximate surface area is 97.0 Å². The van der Waals surface area contributed by atoms with E-state index in [1.807, 2.05) is 12.1 Å². The molecular weight excluding hydrogens is 198 g/mol. The average Bonchev–Trinajstić information content (AvgIpc) is 2.61. The van der Waals surface area contributed by atoms with Gasteiger partial charge in [0.25, 0.3) is 0 Å². The van der Waals surface area contributed by atoms with Crippen LogP contribution in [0.25, 0.3) is 0 Å². The summed E-state index contributed by atoms with van der Waals surface area (Å²) in [6, 6.07) is 8.70. The molecule has 1 unspecified atom stereocenters. The molecule has 16 heavy (non-hydrogen) atoms. The summed E-state index contributed by atoms with van der Waals surface area (Å²) in [5.74, 6) is 1.19. The summed E-state index contributed by atoms with van der Waals surface area (Å²) < 4.78 is 0. The molecule has 1 atom stereocenters. The van der Waals surface area contributed by atoms with Crippen LogP contribution in [0.2, 0.25) is 0 Å². The van der Waals surface area contributed by atoms with Crippen molar-refractivity contribution >= 4 is 11.6 Å². The molecule has 3 heteroatoms. The Morgan fingerprint density at radius 1 is 1.38 bits per heavy atom. The second-order valence-electron chi connectivity index (χ2n) is 4.67. The van der Waals surface area contributed by atoms with Gasteiger partial charge in [0.15, 0.2) is 5.96 Å². The van der Waals surface area contributed by atoms with Crippen LogP contribution in [-0.2, 0) is 0 Å². The van der Waals surface area contributed by atoms with Crippen molar-refractivity contribution in [3.63, 3.8) is 0 Å². The maximum atomic E-state index is 5.98. The minimum absolute atomic E-state index is 0.390. The number of hydrogen-bond acceptors (Lipinski definition) is 3. The van der Waals surface area contributed by atoms with Gasteiger partial charge in [-0.25, -0.2) is 0 Å². The van der Waals surface area contributed by atoms with Crippen LogP contribution < -0.4 is 10.6 Å². The number of aliphatic imine (C=N–C) groups is 1. The van der Waals surface area contributed by atoms with Gasteiger partial charge in [-0.1, -0.05) is 32.0 Å². The molecule has 0 saturated carbocycles. The van der Waals surface area contributed by atoms with Gasteiger partial charge in [-0.15, -0.1) is 0 Å². The molecule has 1 aromatic carbocycles. The lowest BCUT2D eigenvalue weighted by Gasteiger charge is -2.30. The lowest BCUT2D eigenvalue weighted by atomic mass is 10.0. The Hall–Kier alpha value is -1.51. The van der Waals surface area contributed by atoms with Crippen LogP contribution in [0.15, 0.2) is 29.3 Å². The first-order valence-corrected chi connectivity index (χ1v) is 5.76. The molecule has 0 bridgehead atoms. The van der Waals surface area contributed by atoms with Crippen LogP contribution in [0.4, 0.5) is 5.69 Å². The topological polar surface area (TPSA) is 41.6 Å². The van der Waals surface area contributed by atoms with Crippen molar-refractivity contribution < 1.29 is 0 Å². The minimum atomic E-state index is 0.390. The predicted molar refractivity (Wildman–Crippen MR) is 68.8 cm³/mol. The molecule has 1 aliphatic heterocycles. The maximum Gasteiger partial charge on any atom is 0.196 e. The summed E-state index contributed by atoms with van der Waals surface area (Å²) in [4.78, 5) is 6.52. The van der Waals surface area contributed by atoms with Gasteiger partial charge in [-0.2, -0.15) is 0 Å². The van der Waals surface area contributed by atoms with Crippen molar-refractivity contribution in [2.75, 3.05) is 11.4 Å². The Morgan fingerprint density at radius 2 is 2.06 bits per heavy atom. The van der Waals surface area contributed by atoms with E-state index in [2.05, 4.69) is 42.8 Å². The summed E-state index contributed by atoms with van der Waals surface area (Å²) >= 11 is 0. The number of rotatable bonds is 2. The van der Waals surface area contributed by atoms with Gasteiger partial charge in [0.1, 0.15) is 0 Å². The fraction of sp³-hybridized carbons (Fsp3) is 0.462. The van der Waals surface area contributed by atoms with Crippen LogP contribution in [0.3, 0.4) is 0 Å². The highest BCUT2D eigenvalue weighted by atomic mass is 15.3. The van der Waals surface area contributed by atoms with E-state index in [1.165, 1.54) is 11.3 Å². The molecule has 0 fully saturated rings. The number of anilines is 1. The lowest BCUT2D eigenvalue weighted by molar-refractivity contribution is 0.516. The second-order valence-corrected chi connectivity index (χ2v) is 4.67. The zero-order chi connectivity index (χ0) is 11.7. The Bertz CT molecular complexity index is 409. The van der Waals surface area contributed by atoms with E-state index in [1.54, 1.807) is 0 Å². The predicted octanol–water partition coefficient (Wildman–Crippen LogP) is 2.15. The third kappa shape index (κ3) is 1.77. The smallest absolute Gasteiger partial charge is 0.196 e. The normalized spacial score (nSPS) is 20.4. The van der Waals surface area contributed by atoms with E-state index in [4.69, 9.17) is 5.73 Å². The molecule has 2 rings (SSSR count). The third-order valence-electron chi connectivity index (χ3n) is 3.16. The lowest BCUT2D eigenvalue weighted by Crippen LogP contribution is -2.43. The Morgan fingerprint density at radius 3 is 2.69 bits per heavy atom. The quantitative estimate of drug-likeness (QED) is 0.824. The van der Waals surface area contributed by atoms with Gasteiger partial charge >= 0.3 is 0 Å². The van der Waals surface area contributed by atoms with Crippen molar-refractivity contribution in [2.45, 2.75) is 26.8 Å². The van der Waals surface area contributed by atoms with Gasteiger partial charge in [0, 0.05) is 5.69 Å². The number of hydrogen-bond donors (Lipinski definition) is 1. The van der Waals surface area contributed by atoms with Crippen LogP contribution in [0, 0.1) is 12.8 Å². The van der Waals surface area contributed by atoms with Gasteiger partial charge in [-0.05, 0) is 24.5 Å². The fourth-order valence-electron chi connectivity index (χ4n) is 2.16. The maximum absolute atomic E-state index is 5.98. The van der Waals surface area contributed by atoms with Crippen molar-refractivity contribution in [3.05, 3.63) is 29.8 Å². The van der Waals surface area contributed by atoms with Crippen molar-refractivity contribution in [2.24, 2.45) is 16.6 Å². The largest absolute Gasteiger partial charge is 0.370 e. The zero-order valence-corrected chi connectivity index (χ0v) is 10.1. The first kappa shape index (κ1) is 11.0. The minimum Gasteiger partial charge on any atom is -0.370 e. The summed E-state index contributed by atoms with van der Waals surface area (Å²) in [5, 5.41) is 0. The van der Waals surface area contributed by atoms with Crippen molar-refractivity contribution in [3.8, 4) is 0 Å². The Balaban J connectivity index is 2.38. The molecule has 86 valence electrons. The van der Waals surface area contributed by atoms with Gasteiger partial charge in [0.2, 0.25) is 0 Å². The van der Waals surface area contributed by atoms with E-state index in [0.717, 1.165) is 6.54 Å². The van der Waals surface area contributed by atoms with E-state index in [0.29, 0.717) is 17.9 Å². The first-order chi connectivity index (χ1) is 7.61. The third-order valence-corrected chi connectivity index (χ3v) is 3.16. The second kappa shape index (κ2) is 4.16. The number of guanidine groups is 1. The SMILES string of the molecule is Cc1ccccc1N1C(N)=NCC1C(C)C. The molecule has 0 saturated heterocycles. The molecule has 1 aromatic rings. The number of aryl methyl sites for hydroxylation is 1. The number of nitrogens with two attached hydrogens (primary N) is 1. The molecule has 0 aromatic heterocycles. The molecule has 2 N–H and O–H groups in total. The summed E-state index contributed by atoms with van der Waals surface area (Å²) in [6.45, 7) is 7.34. The molecule has 0 spiro atoms. The molecule has 0 radical (unpaired) electrons. The van der Waals surface area contributed by atoms with Crippen LogP contribution in [0.5, 0.6) is 0 Å². The molecule has 1 heterocycles. The molecule has 3 nitrogen and oxygen atoms in total. The van der Waals surface area contributed by atoms with Crippen molar-refractivity contribution in [1.29, 1.82) is 0 Å². The van der Waals surface area contributed by atoms with Crippen LogP contribution >= 0.6 is 0 Å². The molecule has 1 aliphatic rings. The summed E-state index contributed by atoms with van der Waals surface area (Å²) in [7, 11) is 0. The number of benzene rings is 1. The highest BCUT2D eigenvalue weighted by molar-refractivity contribution is 5.97. The van der Waals surface area contributed by atoms with E-state index in [-0.39, 0.29) is 0 Å². The monoisotopic (exact) mass is 217 g/mol. The van der Waals surface area contributed by atoms with Gasteiger partial charge in [0.05, 0.1) is 12.6 Å². The highest BCUT2D eigenvalue weighted by Gasteiger charge is 2.30. The van der Waals surface area contributed by atoms with Crippen LogP contribution in [-0.4, -0.2) is 18.5 Å². The van der Waals surface area contributed by atoms with E-state index in [9.17, 15) is 0 Å². The Kier molecular flexibility index (Phi) is 2.86. The molecular formula is C13H19N3. The van der Waals surface area contributed by atoms with Crippen molar-refractivity contribution in [1.82, 2.24) is 0 Å². The van der Waals surface area contributed by atoms with E-state index >= 15 is 0 Å². The van der Waals surface area contributed by atoms with Gasteiger partial charge in [-0.3, -0.25) is 4.99 Å².